The van der Waals surface area contributed by atoms with Gasteiger partial charge in [-0.2, -0.15) is 0 Å². The zero-order valence-electron chi connectivity index (χ0n) is 11.8. The molecule has 1 heterocycles. The van der Waals surface area contributed by atoms with Gasteiger partial charge in [0.2, 0.25) is 5.91 Å². The highest BCUT2D eigenvalue weighted by atomic mass is 32.1. The highest BCUT2D eigenvalue weighted by Gasteiger charge is 2.17. The van der Waals surface area contributed by atoms with Crippen LogP contribution in [0.5, 0.6) is 0 Å². The fourth-order valence-electron chi connectivity index (χ4n) is 1.55. The Morgan fingerprint density at radius 1 is 1.39 bits per heavy atom. The number of aryl methyl sites for hydroxylation is 1. The van der Waals surface area contributed by atoms with Gasteiger partial charge >= 0.3 is 0 Å². The van der Waals surface area contributed by atoms with Gasteiger partial charge in [0.15, 0.2) is 0 Å². The van der Waals surface area contributed by atoms with E-state index in [4.69, 9.17) is 0 Å². The Kier molecular flexibility index (Phi) is 5.75. The van der Waals surface area contributed by atoms with Crippen LogP contribution in [-0.2, 0) is 4.79 Å². The number of nitrogens with one attached hydrogen (secondary N) is 2. The van der Waals surface area contributed by atoms with E-state index in [-0.39, 0.29) is 18.0 Å². The van der Waals surface area contributed by atoms with E-state index in [1.54, 1.807) is 11.3 Å². The first kappa shape index (κ1) is 15.1. The highest BCUT2D eigenvalue weighted by Crippen LogP contribution is 2.19. The van der Waals surface area contributed by atoms with Gasteiger partial charge in [-0.05, 0) is 26.7 Å². The maximum absolute atomic E-state index is 11.8. The quantitative estimate of drug-likeness (QED) is 0.833. The first-order chi connectivity index (χ1) is 8.40. The Hall–Kier alpha value is -0.940. The smallest absolute Gasteiger partial charge is 0.236 e. The van der Waals surface area contributed by atoms with Crippen molar-refractivity contribution >= 4 is 17.2 Å². The maximum Gasteiger partial charge on any atom is 0.236 e. The highest BCUT2D eigenvalue weighted by molar-refractivity contribution is 7.11. The summed E-state index contributed by atoms with van der Waals surface area (Å²) in [5, 5.41) is 7.22. The van der Waals surface area contributed by atoms with Crippen molar-refractivity contribution in [3.63, 3.8) is 0 Å². The largest absolute Gasteiger partial charge is 0.354 e. The molecule has 1 aromatic rings. The van der Waals surface area contributed by atoms with Crippen molar-refractivity contribution in [2.24, 2.45) is 5.92 Å². The standard InChI is InChI=1S/C13H23N3OS/c1-8(2)6-14-12(17)10(4)16-11(5)13-15-7-9(3)18-13/h7-8,10-11,16H,6H2,1-5H3,(H,14,17). The summed E-state index contributed by atoms with van der Waals surface area (Å²) in [6, 6.07) is -0.105. The molecular weight excluding hydrogens is 246 g/mol. The first-order valence-corrected chi connectivity index (χ1v) is 7.18. The molecule has 2 N–H and O–H groups in total. The van der Waals surface area contributed by atoms with Crippen molar-refractivity contribution < 1.29 is 4.79 Å². The van der Waals surface area contributed by atoms with Crippen LogP contribution < -0.4 is 10.6 Å². The third-order valence-corrected chi connectivity index (χ3v) is 3.68. The second-order valence-electron chi connectivity index (χ2n) is 5.06. The van der Waals surface area contributed by atoms with Crippen LogP contribution in [0.3, 0.4) is 0 Å². The van der Waals surface area contributed by atoms with Crippen LogP contribution in [0.1, 0.15) is 43.6 Å². The molecule has 1 amide bonds. The Bertz CT molecular complexity index is 389. The van der Waals surface area contributed by atoms with Gasteiger partial charge in [0, 0.05) is 17.6 Å². The predicted octanol–water partition coefficient (Wildman–Crippen LogP) is 2.26. The van der Waals surface area contributed by atoms with E-state index in [1.807, 2.05) is 27.0 Å². The monoisotopic (exact) mass is 269 g/mol. The summed E-state index contributed by atoms with van der Waals surface area (Å²) in [5.41, 5.74) is 0. The van der Waals surface area contributed by atoms with E-state index in [0.29, 0.717) is 5.92 Å². The van der Waals surface area contributed by atoms with Crippen molar-refractivity contribution in [1.82, 2.24) is 15.6 Å². The van der Waals surface area contributed by atoms with Gasteiger partial charge in [0.1, 0.15) is 5.01 Å². The van der Waals surface area contributed by atoms with Gasteiger partial charge in [-0.1, -0.05) is 13.8 Å². The van der Waals surface area contributed by atoms with Crippen molar-refractivity contribution in [1.29, 1.82) is 0 Å². The van der Waals surface area contributed by atoms with E-state index in [1.165, 1.54) is 4.88 Å². The number of amides is 1. The van der Waals surface area contributed by atoms with E-state index >= 15 is 0 Å². The Morgan fingerprint density at radius 2 is 2.06 bits per heavy atom. The topological polar surface area (TPSA) is 54.0 Å². The van der Waals surface area contributed by atoms with Gasteiger partial charge in [-0.3, -0.25) is 10.1 Å². The van der Waals surface area contributed by atoms with E-state index < -0.39 is 0 Å². The van der Waals surface area contributed by atoms with Gasteiger partial charge < -0.3 is 5.32 Å². The summed E-state index contributed by atoms with van der Waals surface area (Å²) in [7, 11) is 0. The summed E-state index contributed by atoms with van der Waals surface area (Å²) in [4.78, 5) is 17.3. The number of carbonyl (C=O) groups excluding carboxylic acids is 1. The Labute approximate surface area is 113 Å². The van der Waals surface area contributed by atoms with Crippen molar-refractivity contribution in [2.45, 2.75) is 46.7 Å². The lowest BCUT2D eigenvalue weighted by molar-refractivity contribution is -0.123. The minimum Gasteiger partial charge on any atom is -0.354 e. The molecule has 0 aromatic carbocycles. The van der Waals surface area contributed by atoms with Crippen LogP contribution in [0, 0.1) is 12.8 Å². The molecule has 0 saturated carbocycles. The zero-order valence-corrected chi connectivity index (χ0v) is 12.6. The van der Waals surface area contributed by atoms with Gasteiger partial charge in [0.25, 0.3) is 0 Å². The molecule has 102 valence electrons. The molecule has 0 fully saturated rings. The molecule has 0 aliphatic heterocycles. The molecule has 5 heteroatoms. The molecule has 1 rings (SSSR count). The van der Waals surface area contributed by atoms with Crippen LogP contribution in [0.4, 0.5) is 0 Å². The third-order valence-electron chi connectivity index (χ3n) is 2.59. The molecule has 1 aromatic heterocycles. The molecule has 0 bridgehead atoms. The van der Waals surface area contributed by atoms with Crippen LogP contribution in [0.2, 0.25) is 0 Å². The lowest BCUT2D eigenvalue weighted by atomic mass is 10.2. The Balaban J connectivity index is 2.43. The molecule has 18 heavy (non-hydrogen) atoms. The Morgan fingerprint density at radius 3 is 2.56 bits per heavy atom. The van der Waals surface area contributed by atoms with Gasteiger partial charge in [-0.25, -0.2) is 4.98 Å². The molecule has 0 radical (unpaired) electrons. The summed E-state index contributed by atoms with van der Waals surface area (Å²) in [5.74, 6) is 0.518. The molecule has 2 atom stereocenters. The predicted molar refractivity (Wildman–Crippen MR) is 75.7 cm³/mol. The fourth-order valence-corrected chi connectivity index (χ4v) is 2.34. The number of thiazole rings is 1. The number of carbonyl (C=O) groups is 1. The van der Waals surface area contributed by atoms with Crippen LogP contribution in [0.25, 0.3) is 0 Å². The lowest BCUT2D eigenvalue weighted by Crippen LogP contribution is -2.44. The number of rotatable bonds is 6. The van der Waals surface area contributed by atoms with Crippen LogP contribution >= 0.6 is 11.3 Å². The summed E-state index contributed by atoms with van der Waals surface area (Å²) in [6.07, 6.45) is 1.86. The summed E-state index contributed by atoms with van der Waals surface area (Å²) >= 11 is 1.66. The number of nitrogens with zero attached hydrogens (tertiary/aromatic N) is 1. The van der Waals surface area contributed by atoms with Gasteiger partial charge in [0.05, 0.1) is 12.1 Å². The molecule has 0 aliphatic carbocycles. The first-order valence-electron chi connectivity index (χ1n) is 6.36. The normalized spacial score (nSPS) is 14.6. The minimum atomic E-state index is -0.206. The lowest BCUT2D eigenvalue weighted by Gasteiger charge is -2.18. The third kappa shape index (κ3) is 4.74. The summed E-state index contributed by atoms with van der Waals surface area (Å²) < 4.78 is 0. The van der Waals surface area contributed by atoms with Gasteiger partial charge in [-0.15, -0.1) is 11.3 Å². The maximum atomic E-state index is 11.8. The van der Waals surface area contributed by atoms with E-state index in [0.717, 1.165) is 11.6 Å². The average molecular weight is 269 g/mol. The number of aromatic nitrogens is 1. The number of hydrogen-bond donors (Lipinski definition) is 2. The van der Waals surface area contributed by atoms with E-state index in [9.17, 15) is 4.79 Å². The second-order valence-corrected chi connectivity index (χ2v) is 6.32. The summed E-state index contributed by atoms with van der Waals surface area (Å²) in [6.45, 7) is 10.8. The molecular formula is C13H23N3OS. The SMILES string of the molecule is Cc1cnc(C(C)NC(C)C(=O)NCC(C)C)s1. The molecule has 4 nitrogen and oxygen atoms in total. The molecule has 2 unspecified atom stereocenters. The molecule has 0 saturated heterocycles. The van der Waals surface area contributed by atoms with Crippen LogP contribution in [0.15, 0.2) is 6.20 Å². The zero-order chi connectivity index (χ0) is 13.7. The second kappa shape index (κ2) is 6.85. The van der Waals surface area contributed by atoms with Crippen molar-refractivity contribution in [2.75, 3.05) is 6.54 Å². The van der Waals surface area contributed by atoms with Crippen molar-refractivity contribution in [3.05, 3.63) is 16.1 Å². The minimum absolute atomic E-state index is 0.0452. The fraction of sp³-hybridized carbons (Fsp3) is 0.692. The molecule has 0 aliphatic rings. The number of hydrogen-bond acceptors (Lipinski definition) is 4. The average Bonchev–Trinajstić information content (AvgIpc) is 2.72. The van der Waals surface area contributed by atoms with Crippen LogP contribution in [-0.4, -0.2) is 23.5 Å². The van der Waals surface area contributed by atoms with Crippen molar-refractivity contribution in [3.8, 4) is 0 Å². The van der Waals surface area contributed by atoms with E-state index in [2.05, 4.69) is 29.5 Å². The molecule has 0 spiro atoms.